The van der Waals surface area contributed by atoms with Crippen molar-refractivity contribution in [3.05, 3.63) is 58.9 Å². The van der Waals surface area contributed by atoms with E-state index in [2.05, 4.69) is 10.1 Å². The van der Waals surface area contributed by atoms with Crippen molar-refractivity contribution in [2.24, 2.45) is 7.05 Å². The molecule has 3 aromatic rings. The number of aromatic amines is 1. The molecule has 3 rings (SSSR count). The Kier molecular flexibility index (Phi) is 4.20. The zero-order valence-corrected chi connectivity index (χ0v) is 13.7. The van der Waals surface area contributed by atoms with Gasteiger partial charge in [-0.25, -0.2) is 4.39 Å². The van der Waals surface area contributed by atoms with Crippen molar-refractivity contribution >= 4 is 0 Å². The lowest BCUT2D eigenvalue weighted by molar-refractivity contribution is 0.242. The highest BCUT2D eigenvalue weighted by atomic mass is 19.1. The first-order valence-corrected chi connectivity index (χ1v) is 7.63. The van der Waals surface area contributed by atoms with E-state index in [1.807, 2.05) is 27.1 Å². The lowest BCUT2D eigenvalue weighted by atomic mass is 10.0. The molecule has 0 aliphatic rings. The Labute approximate surface area is 138 Å². The summed E-state index contributed by atoms with van der Waals surface area (Å²) in [6, 6.07) is 7.68. The summed E-state index contributed by atoms with van der Waals surface area (Å²) in [5.74, 6) is -0.0533. The molecule has 0 aliphatic carbocycles. The molecule has 0 spiro atoms. The summed E-state index contributed by atoms with van der Waals surface area (Å²) in [6.07, 6.45) is 3.37. The average Bonchev–Trinajstić information content (AvgIpc) is 2.94. The lowest BCUT2D eigenvalue weighted by Gasteiger charge is -2.14. The van der Waals surface area contributed by atoms with Crippen LogP contribution in [0.4, 0.5) is 4.39 Å². The third kappa shape index (κ3) is 3.22. The van der Waals surface area contributed by atoms with Gasteiger partial charge in [-0.15, -0.1) is 0 Å². The van der Waals surface area contributed by atoms with Gasteiger partial charge >= 0.3 is 0 Å². The second kappa shape index (κ2) is 6.31. The Balaban J connectivity index is 2.06. The topological polar surface area (TPSA) is 59.9 Å². The minimum Gasteiger partial charge on any atom is -0.490 e. The number of aryl methyl sites for hydroxylation is 1. The van der Waals surface area contributed by atoms with Crippen LogP contribution >= 0.6 is 0 Å². The SMILES string of the molecule is CC(C)Oc1cc(F)ccc1-c1ccc(-c2cnn(C)c2)[nH]c1=O. The van der Waals surface area contributed by atoms with Crippen molar-refractivity contribution in [1.82, 2.24) is 14.8 Å². The number of H-pyrrole nitrogens is 1. The van der Waals surface area contributed by atoms with Crippen LogP contribution in [0.2, 0.25) is 0 Å². The van der Waals surface area contributed by atoms with Crippen molar-refractivity contribution in [3.8, 4) is 28.1 Å². The smallest absolute Gasteiger partial charge is 0.256 e. The standard InChI is InChI=1S/C18H18FN3O2/c1-11(2)24-17-8-13(19)4-5-14(17)15-6-7-16(21-18(15)23)12-9-20-22(3)10-12/h4-11H,1-3H3,(H,21,23). The van der Waals surface area contributed by atoms with E-state index in [9.17, 15) is 9.18 Å². The highest BCUT2D eigenvalue weighted by Gasteiger charge is 2.13. The number of halogens is 1. The van der Waals surface area contributed by atoms with Crippen LogP contribution in [-0.2, 0) is 7.05 Å². The molecule has 0 amide bonds. The Morgan fingerprint density at radius 3 is 2.58 bits per heavy atom. The van der Waals surface area contributed by atoms with Gasteiger partial charge in [0.2, 0.25) is 0 Å². The molecule has 0 fully saturated rings. The summed E-state index contributed by atoms with van der Waals surface area (Å²) in [7, 11) is 1.81. The highest BCUT2D eigenvalue weighted by Crippen LogP contribution is 2.30. The third-order valence-electron chi connectivity index (χ3n) is 3.52. The maximum absolute atomic E-state index is 13.5. The van der Waals surface area contributed by atoms with E-state index in [4.69, 9.17) is 4.74 Å². The minimum absolute atomic E-state index is 0.126. The van der Waals surface area contributed by atoms with E-state index in [1.165, 1.54) is 12.1 Å². The van der Waals surface area contributed by atoms with E-state index in [0.717, 1.165) is 5.56 Å². The number of benzene rings is 1. The first-order chi connectivity index (χ1) is 11.4. The van der Waals surface area contributed by atoms with Gasteiger partial charge < -0.3 is 9.72 Å². The zero-order valence-electron chi connectivity index (χ0n) is 13.7. The van der Waals surface area contributed by atoms with Crippen molar-refractivity contribution in [3.63, 3.8) is 0 Å². The van der Waals surface area contributed by atoms with Gasteiger partial charge in [-0.2, -0.15) is 5.10 Å². The van der Waals surface area contributed by atoms with Crippen LogP contribution < -0.4 is 10.3 Å². The molecule has 24 heavy (non-hydrogen) atoms. The van der Waals surface area contributed by atoms with Crippen molar-refractivity contribution in [2.75, 3.05) is 0 Å². The molecule has 6 heteroatoms. The predicted octanol–water partition coefficient (Wildman–Crippen LogP) is 3.37. The monoisotopic (exact) mass is 327 g/mol. The van der Waals surface area contributed by atoms with Crippen molar-refractivity contribution in [2.45, 2.75) is 20.0 Å². The molecule has 5 nitrogen and oxygen atoms in total. The Hall–Kier alpha value is -2.89. The molecule has 0 radical (unpaired) electrons. The molecule has 124 valence electrons. The number of hydrogen-bond acceptors (Lipinski definition) is 3. The molecular weight excluding hydrogens is 309 g/mol. The second-order valence-corrected chi connectivity index (χ2v) is 5.82. The molecule has 0 bridgehead atoms. The van der Waals surface area contributed by atoms with Gasteiger partial charge in [0.15, 0.2) is 0 Å². The number of nitrogens with zero attached hydrogens (tertiary/aromatic N) is 2. The van der Waals surface area contributed by atoms with Gasteiger partial charge in [-0.05, 0) is 38.1 Å². The van der Waals surface area contributed by atoms with Crippen molar-refractivity contribution in [1.29, 1.82) is 0 Å². The molecule has 0 saturated carbocycles. The van der Waals surface area contributed by atoms with Crippen LogP contribution in [-0.4, -0.2) is 20.9 Å². The molecule has 2 aromatic heterocycles. The normalized spacial score (nSPS) is 11.0. The van der Waals surface area contributed by atoms with Gasteiger partial charge in [-0.3, -0.25) is 9.48 Å². The summed E-state index contributed by atoms with van der Waals surface area (Å²) in [5, 5.41) is 4.09. The Morgan fingerprint density at radius 1 is 1.21 bits per heavy atom. The van der Waals surface area contributed by atoms with Crippen LogP contribution in [0.25, 0.3) is 22.4 Å². The summed E-state index contributed by atoms with van der Waals surface area (Å²) < 4.78 is 20.8. The molecule has 2 heterocycles. The summed E-state index contributed by atoms with van der Waals surface area (Å²) in [4.78, 5) is 15.4. The second-order valence-electron chi connectivity index (χ2n) is 5.82. The van der Waals surface area contributed by atoms with Crippen LogP contribution in [0.15, 0.2) is 47.5 Å². The van der Waals surface area contributed by atoms with Gasteiger partial charge in [0.05, 0.1) is 23.6 Å². The highest BCUT2D eigenvalue weighted by molar-refractivity contribution is 5.71. The predicted molar refractivity (Wildman–Crippen MR) is 90.4 cm³/mol. The Morgan fingerprint density at radius 2 is 1.96 bits per heavy atom. The van der Waals surface area contributed by atoms with Gasteiger partial charge in [0, 0.05) is 30.4 Å². The summed E-state index contributed by atoms with van der Waals surface area (Å²) in [6.45, 7) is 3.70. The molecule has 0 aliphatic heterocycles. The van der Waals surface area contributed by atoms with E-state index >= 15 is 0 Å². The maximum atomic E-state index is 13.5. The number of hydrogen-bond donors (Lipinski definition) is 1. The maximum Gasteiger partial charge on any atom is 0.256 e. The van der Waals surface area contributed by atoms with E-state index in [0.29, 0.717) is 22.6 Å². The molecule has 0 saturated heterocycles. The fourth-order valence-electron chi connectivity index (χ4n) is 2.48. The summed E-state index contributed by atoms with van der Waals surface area (Å²) >= 11 is 0. The fourth-order valence-corrected chi connectivity index (χ4v) is 2.48. The number of nitrogens with one attached hydrogen (secondary N) is 1. The number of ether oxygens (including phenoxy) is 1. The van der Waals surface area contributed by atoms with Gasteiger partial charge in [0.25, 0.3) is 5.56 Å². The van der Waals surface area contributed by atoms with Crippen LogP contribution in [0.3, 0.4) is 0 Å². The average molecular weight is 327 g/mol. The molecule has 1 aromatic carbocycles. The van der Waals surface area contributed by atoms with Gasteiger partial charge in [-0.1, -0.05) is 0 Å². The zero-order chi connectivity index (χ0) is 17.3. The molecule has 0 unspecified atom stereocenters. The van der Waals surface area contributed by atoms with Crippen molar-refractivity contribution < 1.29 is 9.13 Å². The fraction of sp³-hybridized carbons (Fsp3) is 0.222. The van der Waals surface area contributed by atoms with Gasteiger partial charge in [0.1, 0.15) is 11.6 Å². The van der Waals surface area contributed by atoms with E-state index < -0.39 is 5.82 Å². The van der Waals surface area contributed by atoms with Crippen LogP contribution in [0, 0.1) is 5.82 Å². The first kappa shape index (κ1) is 16.0. The lowest BCUT2D eigenvalue weighted by Crippen LogP contribution is -2.12. The molecule has 0 atom stereocenters. The quantitative estimate of drug-likeness (QED) is 0.799. The third-order valence-corrected chi connectivity index (χ3v) is 3.52. The summed E-state index contributed by atoms with van der Waals surface area (Å²) in [5.41, 5.74) is 2.21. The number of aromatic nitrogens is 3. The number of pyridine rings is 1. The number of rotatable bonds is 4. The van der Waals surface area contributed by atoms with E-state index in [1.54, 1.807) is 29.1 Å². The Bertz CT molecular complexity index is 928. The van der Waals surface area contributed by atoms with E-state index in [-0.39, 0.29) is 11.7 Å². The minimum atomic E-state index is -0.405. The largest absolute Gasteiger partial charge is 0.490 e. The van der Waals surface area contributed by atoms with Crippen LogP contribution in [0.5, 0.6) is 5.75 Å². The molecule has 1 N–H and O–H groups in total. The first-order valence-electron chi connectivity index (χ1n) is 7.63. The van der Waals surface area contributed by atoms with Crippen LogP contribution in [0.1, 0.15) is 13.8 Å². The molecular formula is C18H18FN3O2.